The van der Waals surface area contributed by atoms with Gasteiger partial charge in [0.2, 0.25) is 0 Å². The number of ether oxygens (including phenoxy) is 1. The van der Waals surface area contributed by atoms with Crippen LogP contribution in [0.1, 0.15) is 5.69 Å². The Hall–Kier alpha value is -2.89. The Morgan fingerprint density at radius 2 is 2.04 bits per heavy atom. The summed E-state index contributed by atoms with van der Waals surface area (Å²) in [5.41, 5.74) is 1.80. The summed E-state index contributed by atoms with van der Waals surface area (Å²) >= 11 is 0. The molecule has 0 saturated heterocycles. The predicted molar refractivity (Wildman–Crippen MR) is 83.8 cm³/mol. The second-order valence-electron chi connectivity index (χ2n) is 5.04. The number of halogens is 1. The van der Waals surface area contributed by atoms with Crippen molar-refractivity contribution in [1.29, 1.82) is 0 Å². The van der Waals surface area contributed by atoms with Crippen molar-refractivity contribution in [3.05, 3.63) is 66.4 Å². The Bertz CT molecular complexity index is 766. The van der Waals surface area contributed by atoms with E-state index in [0.717, 1.165) is 11.3 Å². The molecule has 0 aliphatic heterocycles. The average molecular weight is 313 g/mol. The molecule has 6 heteroatoms. The first-order valence-corrected chi connectivity index (χ1v) is 7.28. The van der Waals surface area contributed by atoms with Gasteiger partial charge in [-0.25, -0.2) is 9.37 Å². The zero-order valence-electron chi connectivity index (χ0n) is 12.4. The molecule has 3 aromatic rings. The van der Waals surface area contributed by atoms with Gasteiger partial charge in [0.15, 0.2) is 6.61 Å². The fourth-order valence-electron chi connectivity index (χ4n) is 2.17. The van der Waals surface area contributed by atoms with E-state index in [2.05, 4.69) is 10.3 Å². The highest BCUT2D eigenvalue weighted by atomic mass is 19.1. The number of aromatic nitrogens is 2. The third-order valence-electron chi connectivity index (χ3n) is 3.30. The summed E-state index contributed by atoms with van der Waals surface area (Å²) in [6, 6.07) is 11.3. The summed E-state index contributed by atoms with van der Waals surface area (Å²) in [6.45, 7) is 0.381. The van der Waals surface area contributed by atoms with Gasteiger partial charge >= 0.3 is 0 Å². The largest absolute Gasteiger partial charge is 0.484 e. The van der Waals surface area contributed by atoms with Crippen LogP contribution in [0.15, 0.2) is 54.9 Å². The second kappa shape index (κ2) is 6.91. The van der Waals surface area contributed by atoms with E-state index >= 15 is 0 Å². The Kier molecular flexibility index (Phi) is 4.52. The number of fused-ring (bicyclic) bond motifs is 1. The molecule has 23 heavy (non-hydrogen) atoms. The zero-order chi connectivity index (χ0) is 16.1. The molecule has 0 atom stereocenters. The van der Waals surface area contributed by atoms with Crippen LogP contribution in [-0.4, -0.2) is 28.4 Å². The van der Waals surface area contributed by atoms with E-state index in [1.54, 1.807) is 0 Å². The lowest BCUT2D eigenvalue weighted by Gasteiger charge is -2.06. The maximum atomic E-state index is 12.7. The molecule has 0 aliphatic carbocycles. The molecule has 0 saturated carbocycles. The lowest BCUT2D eigenvalue weighted by Crippen LogP contribution is -2.30. The maximum Gasteiger partial charge on any atom is 0.257 e. The number of hydrogen-bond acceptors (Lipinski definition) is 3. The van der Waals surface area contributed by atoms with Crippen molar-refractivity contribution < 1.29 is 13.9 Å². The van der Waals surface area contributed by atoms with Gasteiger partial charge in [-0.05, 0) is 36.4 Å². The number of pyridine rings is 1. The fourth-order valence-corrected chi connectivity index (χ4v) is 2.17. The first-order chi connectivity index (χ1) is 11.2. The third kappa shape index (κ3) is 4.06. The highest BCUT2D eigenvalue weighted by Crippen LogP contribution is 2.10. The lowest BCUT2D eigenvalue weighted by molar-refractivity contribution is -0.123. The number of hydrogen-bond donors (Lipinski definition) is 1. The number of imidazole rings is 1. The highest BCUT2D eigenvalue weighted by Gasteiger charge is 2.05. The molecular weight excluding hydrogens is 297 g/mol. The summed E-state index contributed by atoms with van der Waals surface area (Å²) in [6.07, 6.45) is 4.52. The minimum atomic E-state index is -0.339. The Labute approximate surface area is 132 Å². The average Bonchev–Trinajstić information content (AvgIpc) is 2.97. The van der Waals surface area contributed by atoms with Gasteiger partial charge in [0.05, 0.1) is 5.69 Å². The van der Waals surface area contributed by atoms with Crippen molar-refractivity contribution in [2.45, 2.75) is 6.42 Å². The molecule has 0 unspecified atom stereocenters. The van der Waals surface area contributed by atoms with Gasteiger partial charge in [-0.1, -0.05) is 6.07 Å². The van der Waals surface area contributed by atoms with E-state index in [1.165, 1.54) is 24.3 Å². The topological polar surface area (TPSA) is 55.6 Å². The minimum Gasteiger partial charge on any atom is -0.484 e. The Morgan fingerprint density at radius 1 is 1.22 bits per heavy atom. The SMILES string of the molecule is O=C(COc1ccc(F)cc1)NCCc1cn2ccccc2n1. The standard InChI is InChI=1S/C17H16FN3O2/c18-13-4-6-15(7-5-13)23-12-17(22)19-9-8-14-11-21-10-2-1-3-16(21)20-14/h1-7,10-11H,8-9,12H2,(H,19,22). The van der Waals surface area contributed by atoms with Crippen LogP contribution in [0.3, 0.4) is 0 Å². The van der Waals surface area contributed by atoms with Gasteiger partial charge < -0.3 is 14.5 Å². The Balaban J connectivity index is 1.43. The molecule has 118 valence electrons. The van der Waals surface area contributed by atoms with Crippen molar-refractivity contribution in [2.24, 2.45) is 0 Å². The normalized spacial score (nSPS) is 10.7. The van der Waals surface area contributed by atoms with Crippen LogP contribution in [0.4, 0.5) is 4.39 Å². The van der Waals surface area contributed by atoms with Crippen LogP contribution < -0.4 is 10.1 Å². The first kappa shape index (κ1) is 15.0. The fraction of sp³-hybridized carbons (Fsp3) is 0.176. The summed E-state index contributed by atoms with van der Waals surface area (Å²) in [4.78, 5) is 16.2. The first-order valence-electron chi connectivity index (χ1n) is 7.28. The van der Waals surface area contributed by atoms with Gasteiger partial charge in [0.25, 0.3) is 5.91 Å². The van der Waals surface area contributed by atoms with E-state index in [9.17, 15) is 9.18 Å². The Morgan fingerprint density at radius 3 is 2.83 bits per heavy atom. The van der Waals surface area contributed by atoms with Crippen molar-refractivity contribution in [1.82, 2.24) is 14.7 Å². The molecule has 1 amide bonds. The van der Waals surface area contributed by atoms with E-state index in [1.807, 2.05) is 35.0 Å². The van der Waals surface area contributed by atoms with E-state index in [4.69, 9.17) is 4.74 Å². The summed E-state index contributed by atoms with van der Waals surface area (Å²) in [5.74, 6) is -0.103. The number of amides is 1. The predicted octanol–water partition coefficient (Wildman–Crippen LogP) is 2.21. The lowest BCUT2D eigenvalue weighted by atomic mass is 10.3. The van der Waals surface area contributed by atoms with Crippen LogP contribution >= 0.6 is 0 Å². The smallest absolute Gasteiger partial charge is 0.257 e. The molecule has 0 aliphatic rings. The van der Waals surface area contributed by atoms with Crippen molar-refractivity contribution in [3.63, 3.8) is 0 Å². The number of nitrogens with zero attached hydrogens (tertiary/aromatic N) is 2. The molecular formula is C17H16FN3O2. The minimum absolute atomic E-state index is 0.100. The number of benzene rings is 1. The second-order valence-corrected chi connectivity index (χ2v) is 5.04. The van der Waals surface area contributed by atoms with Gasteiger partial charge in [0, 0.05) is 25.4 Å². The number of carbonyl (C=O) groups is 1. The maximum absolute atomic E-state index is 12.7. The van der Waals surface area contributed by atoms with Crippen LogP contribution in [0.25, 0.3) is 5.65 Å². The summed E-state index contributed by atoms with van der Waals surface area (Å²) in [5, 5.41) is 2.77. The van der Waals surface area contributed by atoms with Crippen molar-refractivity contribution in [2.75, 3.05) is 13.2 Å². The van der Waals surface area contributed by atoms with E-state index < -0.39 is 0 Å². The molecule has 1 N–H and O–H groups in total. The number of rotatable bonds is 6. The third-order valence-corrected chi connectivity index (χ3v) is 3.30. The molecule has 0 fully saturated rings. The molecule has 3 rings (SSSR count). The zero-order valence-corrected chi connectivity index (χ0v) is 12.4. The quantitative estimate of drug-likeness (QED) is 0.759. The molecule has 2 heterocycles. The van der Waals surface area contributed by atoms with Gasteiger partial charge in [-0.3, -0.25) is 4.79 Å². The van der Waals surface area contributed by atoms with Crippen LogP contribution in [0.5, 0.6) is 5.75 Å². The molecule has 0 radical (unpaired) electrons. The van der Waals surface area contributed by atoms with Crippen molar-refractivity contribution in [3.8, 4) is 5.75 Å². The van der Waals surface area contributed by atoms with Gasteiger partial charge in [-0.15, -0.1) is 0 Å². The van der Waals surface area contributed by atoms with E-state index in [0.29, 0.717) is 18.7 Å². The summed E-state index contributed by atoms with van der Waals surface area (Å²) < 4.78 is 20.0. The molecule has 5 nitrogen and oxygen atoms in total. The van der Waals surface area contributed by atoms with Gasteiger partial charge in [-0.2, -0.15) is 0 Å². The summed E-state index contributed by atoms with van der Waals surface area (Å²) in [7, 11) is 0. The van der Waals surface area contributed by atoms with Gasteiger partial charge in [0.1, 0.15) is 17.2 Å². The molecule has 0 spiro atoms. The van der Waals surface area contributed by atoms with Crippen LogP contribution in [0, 0.1) is 5.82 Å². The molecule has 2 aromatic heterocycles. The number of carbonyl (C=O) groups excluding carboxylic acids is 1. The highest BCUT2D eigenvalue weighted by molar-refractivity contribution is 5.77. The van der Waals surface area contributed by atoms with Crippen LogP contribution in [0.2, 0.25) is 0 Å². The number of nitrogens with one attached hydrogen (secondary N) is 1. The molecule has 1 aromatic carbocycles. The van der Waals surface area contributed by atoms with Crippen molar-refractivity contribution >= 4 is 11.6 Å². The van der Waals surface area contributed by atoms with E-state index in [-0.39, 0.29) is 18.3 Å². The monoisotopic (exact) mass is 313 g/mol. The van der Waals surface area contributed by atoms with Crippen LogP contribution in [-0.2, 0) is 11.2 Å². The molecule has 0 bridgehead atoms.